The molecule has 0 aliphatic carbocycles. The van der Waals surface area contributed by atoms with Gasteiger partial charge in [0.25, 0.3) is 10.3 Å². The van der Waals surface area contributed by atoms with Crippen LogP contribution >= 0.6 is 32.3 Å². The number of para-hydroxylation sites is 1. The van der Waals surface area contributed by atoms with Crippen LogP contribution in [0.2, 0.25) is 0 Å². The molecule has 1 rings (SSSR count). The van der Waals surface area contributed by atoms with Gasteiger partial charge in [0.05, 0.1) is 6.61 Å². The summed E-state index contributed by atoms with van der Waals surface area (Å²) in [5, 5.41) is 25.4. The lowest BCUT2D eigenvalue weighted by atomic mass is 10.3. The molecule has 0 spiro atoms. The minimum absolute atomic E-state index is 0.0856. The summed E-state index contributed by atoms with van der Waals surface area (Å²) in [5.41, 5.74) is 9.30. The lowest BCUT2D eigenvalue weighted by Gasteiger charge is -2.01. The molecular formula is C11H20N5O10PS2. The molecule has 29 heavy (non-hydrogen) atoms. The van der Waals surface area contributed by atoms with Crippen molar-refractivity contribution in [3.63, 3.8) is 0 Å². The van der Waals surface area contributed by atoms with Crippen molar-refractivity contribution in [2.24, 2.45) is 11.5 Å². The van der Waals surface area contributed by atoms with Gasteiger partial charge in [0.15, 0.2) is 10.8 Å². The average Bonchev–Trinajstić information content (AvgIpc) is 2.51. The molecule has 18 heteroatoms. The molecule has 15 nitrogen and oxygen atoms in total. The lowest BCUT2D eigenvalue weighted by Crippen LogP contribution is -2.35. The van der Waals surface area contributed by atoms with Gasteiger partial charge < -0.3 is 36.0 Å². The quantitative estimate of drug-likeness (QED) is 0.145. The number of phosphoric acid groups is 1. The van der Waals surface area contributed by atoms with Crippen molar-refractivity contribution in [1.29, 1.82) is 0 Å². The Balaban J connectivity index is -0.000000357. The Morgan fingerprint density at radius 2 is 1.48 bits per heavy atom. The number of anilines is 1. The van der Waals surface area contributed by atoms with Crippen LogP contribution in [0, 0.1) is 20.2 Å². The predicted molar refractivity (Wildman–Crippen MR) is 110 cm³/mol. The molecule has 0 fully saturated rings. The molecule has 0 saturated heterocycles. The number of hydrogen-bond donors (Lipinski definition) is 6. The topological polar surface area (TPSA) is 249 Å². The predicted octanol–water partition coefficient (Wildman–Crippen LogP) is 0.392. The largest absolute Gasteiger partial charge is 0.487 e. The zero-order valence-electron chi connectivity index (χ0n) is 14.8. The monoisotopic (exact) mass is 477 g/mol. The van der Waals surface area contributed by atoms with Crippen LogP contribution in [0.3, 0.4) is 0 Å². The van der Waals surface area contributed by atoms with E-state index in [1.54, 1.807) is 6.07 Å². The van der Waals surface area contributed by atoms with E-state index >= 15 is 0 Å². The van der Waals surface area contributed by atoms with Gasteiger partial charge in [0, 0.05) is 0 Å². The normalized spacial score (nSPS) is 8.97. The second-order valence-corrected chi connectivity index (χ2v) is 5.97. The fraction of sp³-hybridized carbons (Fsp3) is 0.273. The van der Waals surface area contributed by atoms with Gasteiger partial charge in [0.1, 0.15) is 0 Å². The Hall–Kier alpha value is -2.69. The molecule has 8 N–H and O–H groups in total. The Kier molecular flexibility index (Phi) is 18.6. The number of rotatable bonds is 5. The maximum Gasteiger partial charge on any atom is 0.466 e. The standard InChI is InChI=1S/C6H5N3O4.C4H9NOS.CH3NOS.H3O4P/c10-8(11)7(9(12)13)6-4-2-1-3-5-6;1-2-3-6-4(5)7;2-1(3)4;1-5(2,3)4/h1-5H;2-3H2,1H3,(H2,5,7);(H3,2,3,4);(H3,1,2,3,4). The number of nitrogens with zero attached hydrogens (tertiary/aromatic N) is 3. The Labute approximate surface area is 175 Å². The zero-order valence-corrected chi connectivity index (χ0v) is 17.3. The summed E-state index contributed by atoms with van der Waals surface area (Å²) in [5.74, 6) is 0. The molecule has 0 bridgehead atoms. The third-order valence-electron chi connectivity index (χ3n) is 1.74. The summed E-state index contributed by atoms with van der Waals surface area (Å²) in [6, 6.07) is 7.14. The van der Waals surface area contributed by atoms with Gasteiger partial charge in [-0.25, -0.2) is 24.8 Å². The Bertz CT molecular complexity index is 664. The number of aliphatic hydroxyl groups is 1. The highest BCUT2D eigenvalue weighted by Crippen LogP contribution is 2.25. The van der Waals surface area contributed by atoms with E-state index in [4.69, 9.17) is 34.8 Å². The number of benzene rings is 1. The summed E-state index contributed by atoms with van der Waals surface area (Å²) in [4.78, 5) is 42.0. The van der Waals surface area contributed by atoms with Gasteiger partial charge in [-0.15, -0.1) is 0 Å². The third-order valence-corrected chi connectivity index (χ3v) is 1.86. The molecule has 0 unspecified atom stereocenters. The maximum absolute atomic E-state index is 10.2. The summed E-state index contributed by atoms with van der Waals surface area (Å²) < 4.78 is 13.6. The van der Waals surface area contributed by atoms with E-state index in [9.17, 15) is 20.2 Å². The van der Waals surface area contributed by atoms with E-state index in [0.29, 0.717) is 6.61 Å². The molecular weight excluding hydrogens is 457 g/mol. The van der Waals surface area contributed by atoms with E-state index < -0.39 is 23.1 Å². The van der Waals surface area contributed by atoms with E-state index in [2.05, 4.69) is 30.2 Å². The van der Waals surface area contributed by atoms with E-state index in [1.165, 1.54) is 24.3 Å². The molecule has 0 atom stereocenters. The van der Waals surface area contributed by atoms with Crippen LogP contribution in [0.15, 0.2) is 30.3 Å². The first kappa shape index (κ1) is 31.0. The second kappa shape index (κ2) is 17.4. The van der Waals surface area contributed by atoms with Crippen LogP contribution in [0.5, 0.6) is 0 Å². The summed E-state index contributed by atoms with van der Waals surface area (Å²) in [6.45, 7) is 2.63. The van der Waals surface area contributed by atoms with Gasteiger partial charge in [-0.05, 0) is 43.0 Å². The Morgan fingerprint density at radius 1 is 1.14 bits per heavy atom. The number of hydrazine groups is 2. The van der Waals surface area contributed by atoms with Crippen LogP contribution in [0.4, 0.5) is 5.69 Å². The van der Waals surface area contributed by atoms with Crippen molar-refractivity contribution in [1.82, 2.24) is 0 Å². The van der Waals surface area contributed by atoms with Gasteiger partial charge in [-0.1, -0.05) is 25.1 Å². The minimum atomic E-state index is -4.64. The number of ether oxygens (including phenoxy) is 1. The van der Waals surface area contributed by atoms with E-state index in [-0.39, 0.29) is 16.0 Å². The SMILES string of the molecule is CCCOC(N)=S.NC(O)=S.O=P(O)(O)O.O=[N+]([O-])N(c1ccccc1)[N+](=O)[O-]. The molecule has 166 valence electrons. The number of nitrogens with two attached hydrogens (primary N) is 2. The molecule has 0 aliphatic heterocycles. The van der Waals surface area contributed by atoms with Crippen molar-refractivity contribution in [3.8, 4) is 0 Å². The van der Waals surface area contributed by atoms with Gasteiger partial charge >= 0.3 is 7.82 Å². The number of hydrogen-bond acceptors (Lipinski definition) is 8. The summed E-state index contributed by atoms with van der Waals surface area (Å²) >= 11 is 8.29. The maximum atomic E-state index is 10.2. The molecule has 0 aliphatic rings. The van der Waals surface area contributed by atoms with Crippen molar-refractivity contribution in [3.05, 3.63) is 50.6 Å². The highest BCUT2D eigenvalue weighted by Gasteiger charge is 2.29. The van der Waals surface area contributed by atoms with Crippen molar-refractivity contribution in [2.45, 2.75) is 13.3 Å². The van der Waals surface area contributed by atoms with Crippen LogP contribution in [-0.4, -0.2) is 46.8 Å². The third kappa shape index (κ3) is 30.3. The first-order valence-corrected chi connectivity index (χ1v) is 9.34. The van der Waals surface area contributed by atoms with Gasteiger partial charge in [-0.3, -0.25) is 0 Å². The first-order chi connectivity index (χ1) is 13.1. The molecule has 0 saturated carbocycles. The van der Waals surface area contributed by atoms with E-state index in [0.717, 1.165) is 6.42 Å². The highest BCUT2D eigenvalue weighted by molar-refractivity contribution is 7.80. The number of thiocarbonyl (C=S) groups is 2. The second-order valence-electron chi connectivity index (χ2n) is 4.12. The molecule has 0 aromatic heterocycles. The number of nitro groups is 2. The minimum Gasteiger partial charge on any atom is -0.487 e. The highest BCUT2D eigenvalue weighted by atomic mass is 32.1. The van der Waals surface area contributed by atoms with E-state index in [1.807, 2.05) is 6.92 Å². The molecule has 0 amide bonds. The van der Waals surface area contributed by atoms with Crippen LogP contribution in [0.25, 0.3) is 0 Å². The van der Waals surface area contributed by atoms with Crippen LogP contribution < -0.4 is 16.6 Å². The van der Waals surface area contributed by atoms with Crippen LogP contribution in [0.1, 0.15) is 13.3 Å². The van der Waals surface area contributed by atoms with Crippen molar-refractivity contribution < 1.29 is 39.2 Å². The Morgan fingerprint density at radius 3 is 1.69 bits per heavy atom. The molecule has 0 heterocycles. The molecule has 1 aromatic rings. The smallest absolute Gasteiger partial charge is 0.466 e. The summed E-state index contributed by atoms with van der Waals surface area (Å²) in [7, 11) is -4.64. The average molecular weight is 477 g/mol. The zero-order chi connectivity index (χ0) is 23.6. The van der Waals surface area contributed by atoms with Crippen LogP contribution in [-0.2, 0) is 9.30 Å². The van der Waals surface area contributed by atoms with Gasteiger partial charge in [-0.2, -0.15) is 0 Å². The van der Waals surface area contributed by atoms with Gasteiger partial charge in [0.2, 0.25) is 10.1 Å². The fourth-order valence-electron chi connectivity index (χ4n) is 1.01. The van der Waals surface area contributed by atoms with Crippen molar-refractivity contribution >= 4 is 48.3 Å². The van der Waals surface area contributed by atoms with Crippen molar-refractivity contribution in [2.75, 3.05) is 11.7 Å². The summed E-state index contributed by atoms with van der Waals surface area (Å²) in [6.07, 6.45) is 0.956. The first-order valence-electron chi connectivity index (χ1n) is 6.96. The lowest BCUT2D eigenvalue weighted by molar-refractivity contribution is -0.711. The fourth-order valence-corrected chi connectivity index (χ4v) is 1.10. The molecule has 0 radical (unpaired) electrons. The molecule has 1 aromatic carbocycles. The number of aliphatic hydroxyl groups excluding tert-OH is 1.